The van der Waals surface area contributed by atoms with Crippen molar-refractivity contribution in [2.45, 2.75) is 19.5 Å². The summed E-state index contributed by atoms with van der Waals surface area (Å²) in [7, 11) is 0.581. The van der Waals surface area contributed by atoms with Gasteiger partial charge in [-0.3, -0.25) is 9.69 Å². The number of benzene rings is 1. The molecule has 2 fully saturated rings. The molecule has 0 bridgehead atoms. The topological polar surface area (TPSA) is 89.7 Å². The van der Waals surface area contributed by atoms with E-state index in [4.69, 9.17) is 17.0 Å². The second-order valence-corrected chi connectivity index (χ2v) is 11.1. The van der Waals surface area contributed by atoms with Crippen molar-refractivity contribution in [2.24, 2.45) is 13.0 Å². The lowest BCUT2D eigenvalue weighted by Crippen LogP contribution is -2.49. The molecule has 3 heterocycles. The second kappa shape index (κ2) is 9.32. The van der Waals surface area contributed by atoms with Crippen LogP contribution in [0.15, 0.2) is 24.3 Å². The molecule has 2 aliphatic rings. The van der Waals surface area contributed by atoms with E-state index in [-0.39, 0.29) is 23.3 Å². The number of hydrogen-bond donors (Lipinski definition) is 0. The normalized spacial score (nSPS) is 21.1. The lowest BCUT2D eigenvalue weighted by atomic mass is 10.1. The van der Waals surface area contributed by atoms with Crippen molar-refractivity contribution in [3.05, 3.63) is 40.4 Å². The van der Waals surface area contributed by atoms with E-state index >= 15 is 0 Å². The number of hydrogen-bond acceptors (Lipinski definition) is 7. The summed E-state index contributed by atoms with van der Waals surface area (Å²) in [5.41, 5.74) is 0.657. The molecule has 1 aromatic carbocycles. The maximum absolute atomic E-state index is 12.8. The Morgan fingerprint density at radius 2 is 1.88 bits per heavy atom. The zero-order valence-electron chi connectivity index (χ0n) is 18.4. The Labute approximate surface area is 193 Å². The number of ether oxygens (including phenoxy) is 1. The lowest BCUT2D eigenvalue weighted by molar-refractivity contribution is 0.0585. The van der Waals surface area contributed by atoms with Gasteiger partial charge in [0.25, 0.3) is 5.91 Å². The van der Waals surface area contributed by atoms with Crippen LogP contribution in [-0.4, -0.2) is 83.3 Å². The van der Waals surface area contributed by atoms with Crippen molar-refractivity contribution in [2.75, 3.05) is 44.8 Å². The highest BCUT2D eigenvalue weighted by atomic mass is 32.2. The molecule has 0 spiro atoms. The van der Waals surface area contributed by atoms with Crippen molar-refractivity contribution in [3.8, 4) is 5.75 Å². The first-order valence-corrected chi connectivity index (χ1v) is 13.0. The second-order valence-electron chi connectivity index (χ2n) is 8.51. The fraction of sp³-hybridized carbons (Fsp3) is 0.571. The summed E-state index contributed by atoms with van der Waals surface area (Å²) < 4.78 is 33.0. The van der Waals surface area contributed by atoms with Crippen LogP contribution in [0.5, 0.6) is 5.75 Å². The largest absolute Gasteiger partial charge is 0.497 e. The molecule has 174 valence electrons. The molecule has 1 aromatic heterocycles. The summed E-state index contributed by atoms with van der Waals surface area (Å²) in [4.78, 5) is 16.9. The zero-order valence-corrected chi connectivity index (χ0v) is 20.1. The van der Waals surface area contributed by atoms with Gasteiger partial charge >= 0.3 is 0 Å². The van der Waals surface area contributed by atoms with Gasteiger partial charge in [0, 0.05) is 45.2 Å². The van der Waals surface area contributed by atoms with Crippen LogP contribution in [0.25, 0.3) is 0 Å². The summed E-state index contributed by atoms with van der Waals surface area (Å²) >= 11 is 5.56. The van der Waals surface area contributed by atoms with Crippen molar-refractivity contribution in [3.63, 3.8) is 0 Å². The summed E-state index contributed by atoms with van der Waals surface area (Å²) in [5, 5.41) is 4.68. The molecule has 0 aliphatic carbocycles. The van der Waals surface area contributed by atoms with E-state index in [0.29, 0.717) is 42.9 Å². The number of nitrogens with zero attached hydrogens (tertiary/aromatic N) is 5. The first kappa shape index (κ1) is 22.9. The number of piperazine rings is 1. The smallest absolute Gasteiger partial charge is 0.253 e. The molecule has 11 heteroatoms. The predicted octanol–water partition coefficient (Wildman–Crippen LogP) is 1.35. The molecule has 9 nitrogen and oxygen atoms in total. The summed E-state index contributed by atoms with van der Waals surface area (Å²) in [6.07, 6.45) is 1.31. The van der Waals surface area contributed by atoms with Gasteiger partial charge in [-0.1, -0.05) is 0 Å². The standard InChI is InChI=1S/C21H29N5O4S2/c1-23-19(13-16-7-12-32(28,29)14-16)22-26(21(23)31)15-24-8-10-25(11-9-24)20(27)17-3-5-18(30-2)6-4-17/h3-6,16H,7-15H2,1-2H3. The molecule has 1 atom stereocenters. The van der Waals surface area contributed by atoms with Crippen molar-refractivity contribution in [1.82, 2.24) is 24.1 Å². The van der Waals surface area contributed by atoms with Gasteiger partial charge in [-0.05, 0) is 48.8 Å². The van der Waals surface area contributed by atoms with E-state index in [0.717, 1.165) is 24.7 Å². The van der Waals surface area contributed by atoms with E-state index in [1.54, 1.807) is 36.1 Å². The number of carbonyl (C=O) groups is 1. The number of amides is 1. The van der Waals surface area contributed by atoms with Gasteiger partial charge in [0.05, 0.1) is 25.3 Å². The van der Waals surface area contributed by atoms with Gasteiger partial charge < -0.3 is 14.2 Å². The van der Waals surface area contributed by atoms with Crippen LogP contribution in [0.4, 0.5) is 0 Å². The fourth-order valence-electron chi connectivity index (χ4n) is 4.29. The third kappa shape index (κ3) is 5.05. The SMILES string of the molecule is COc1ccc(C(=O)N2CCN(Cn3nc(CC4CCS(=O)(=O)C4)n(C)c3=S)CC2)cc1. The first-order chi connectivity index (χ1) is 15.3. The van der Waals surface area contributed by atoms with Gasteiger partial charge in [-0.2, -0.15) is 5.10 Å². The van der Waals surface area contributed by atoms with Gasteiger partial charge in [-0.25, -0.2) is 13.1 Å². The van der Waals surface area contributed by atoms with Crippen LogP contribution >= 0.6 is 12.2 Å². The van der Waals surface area contributed by atoms with Gasteiger partial charge in [0.1, 0.15) is 11.6 Å². The Hall–Kier alpha value is -2.24. The zero-order chi connectivity index (χ0) is 22.9. The minimum Gasteiger partial charge on any atom is -0.497 e. The van der Waals surface area contributed by atoms with Crippen LogP contribution in [0.3, 0.4) is 0 Å². The molecule has 2 aliphatic heterocycles. The number of carbonyl (C=O) groups excluding carboxylic acids is 1. The van der Waals surface area contributed by atoms with E-state index in [1.807, 2.05) is 16.5 Å². The number of rotatable bonds is 6. The third-order valence-electron chi connectivity index (χ3n) is 6.26. The molecule has 1 amide bonds. The Kier molecular flexibility index (Phi) is 6.68. The third-order valence-corrected chi connectivity index (χ3v) is 8.58. The molecule has 2 saturated heterocycles. The van der Waals surface area contributed by atoms with Crippen molar-refractivity contribution >= 4 is 28.0 Å². The van der Waals surface area contributed by atoms with E-state index < -0.39 is 9.84 Å². The average molecular weight is 480 g/mol. The van der Waals surface area contributed by atoms with Crippen LogP contribution < -0.4 is 4.74 Å². The Morgan fingerprint density at radius 3 is 2.47 bits per heavy atom. The van der Waals surface area contributed by atoms with Crippen LogP contribution in [0, 0.1) is 10.7 Å². The first-order valence-electron chi connectivity index (χ1n) is 10.7. The minimum atomic E-state index is -2.91. The summed E-state index contributed by atoms with van der Waals surface area (Å²) in [5.74, 6) is 2.18. The maximum atomic E-state index is 12.8. The molecule has 0 saturated carbocycles. The maximum Gasteiger partial charge on any atom is 0.253 e. The minimum absolute atomic E-state index is 0.0237. The van der Waals surface area contributed by atoms with E-state index in [2.05, 4.69) is 10.00 Å². The highest BCUT2D eigenvalue weighted by molar-refractivity contribution is 7.91. The molecule has 2 aromatic rings. The van der Waals surface area contributed by atoms with Crippen LogP contribution in [0.2, 0.25) is 0 Å². The lowest BCUT2D eigenvalue weighted by Gasteiger charge is -2.34. The molecule has 1 unspecified atom stereocenters. The quantitative estimate of drug-likeness (QED) is 0.578. The van der Waals surface area contributed by atoms with Gasteiger partial charge in [-0.15, -0.1) is 0 Å². The summed E-state index contributed by atoms with van der Waals surface area (Å²) in [6.45, 7) is 3.29. The van der Waals surface area contributed by atoms with E-state index in [9.17, 15) is 13.2 Å². The summed E-state index contributed by atoms with van der Waals surface area (Å²) in [6, 6.07) is 7.17. The molecule has 4 rings (SSSR count). The Balaban J connectivity index is 1.34. The number of sulfone groups is 1. The van der Waals surface area contributed by atoms with Crippen molar-refractivity contribution < 1.29 is 17.9 Å². The van der Waals surface area contributed by atoms with Crippen LogP contribution in [-0.2, 0) is 30.0 Å². The average Bonchev–Trinajstić information content (AvgIpc) is 3.27. The van der Waals surface area contributed by atoms with Crippen molar-refractivity contribution in [1.29, 1.82) is 0 Å². The Bertz CT molecular complexity index is 1130. The van der Waals surface area contributed by atoms with Gasteiger partial charge in [0.2, 0.25) is 0 Å². The number of methoxy groups -OCH3 is 1. The highest BCUT2D eigenvalue weighted by Gasteiger charge is 2.29. The predicted molar refractivity (Wildman–Crippen MR) is 123 cm³/mol. The van der Waals surface area contributed by atoms with E-state index in [1.165, 1.54) is 0 Å². The fourth-order valence-corrected chi connectivity index (χ4v) is 6.36. The van der Waals surface area contributed by atoms with Gasteiger partial charge in [0.15, 0.2) is 14.6 Å². The van der Waals surface area contributed by atoms with Crippen LogP contribution in [0.1, 0.15) is 22.6 Å². The Morgan fingerprint density at radius 1 is 1.19 bits per heavy atom. The molecule has 0 N–H and O–H groups in total. The monoisotopic (exact) mass is 479 g/mol. The highest BCUT2D eigenvalue weighted by Crippen LogP contribution is 2.22. The number of aromatic nitrogens is 3. The molecule has 32 heavy (non-hydrogen) atoms. The molecular weight excluding hydrogens is 450 g/mol. The molecule has 0 radical (unpaired) electrons. The molecular formula is C21H29N5O4S2.